The molecule has 2 atom stereocenters. The molecule has 1 heterocycles. The van der Waals surface area contributed by atoms with E-state index in [9.17, 15) is 0 Å². The first kappa shape index (κ1) is 12.4. The summed E-state index contributed by atoms with van der Waals surface area (Å²) in [6.07, 6.45) is 2.24. The molecule has 1 fully saturated rings. The minimum Gasteiger partial charge on any atom is -0.383 e. The number of nitrogens with two attached hydrogens (primary N) is 1. The van der Waals surface area contributed by atoms with Crippen LogP contribution in [-0.4, -0.2) is 38.8 Å². The van der Waals surface area contributed by atoms with E-state index in [0.29, 0.717) is 19.1 Å². The lowest BCUT2D eigenvalue weighted by molar-refractivity contribution is 0.0983. The van der Waals surface area contributed by atoms with Crippen LogP contribution in [0.5, 0.6) is 0 Å². The summed E-state index contributed by atoms with van der Waals surface area (Å²) in [4.78, 5) is 4.39. The molecule has 0 saturated carbocycles. The van der Waals surface area contributed by atoms with Crippen molar-refractivity contribution in [2.24, 2.45) is 16.8 Å². The van der Waals surface area contributed by atoms with Crippen molar-refractivity contribution in [3.8, 4) is 0 Å². The van der Waals surface area contributed by atoms with Gasteiger partial charge in [-0.1, -0.05) is 6.92 Å². The maximum Gasteiger partial charge on any atom is 0.116 e. The first-order valence-electron chi connectivity index (χ1n) is 5.45. The third-order valence-electron chi connectivity index (χ3n) is 2.69. The van der Waals surface area contributed by atoms with Gasteiger partial charge in [0.1, 0.15) is 5.84 Å². The molecular formula is C10H21N3O2. The lowest BCUT2D eigenvalue weighted by Crippen LogP contribution is -2.39. The van der Waals surface area contributed by atoms with Crippen LogP contribution < -0.4 is 11.3 Å². The average molecular weight is 215 g/mol. The Morgan fingerprint density at radius 2 is 2.47 bits per heavy atom. The van der Waals surface area contributed by atoms with E-state index < -0.39 is 0 Å². The van der Waals surface area contributed by atoms with Gasteiger partial charge < -0.3 is 14.9 Å². The molecule has 1 aliphatic heterocycles. The molecule has 0 bridgehead atoms. The molecule has 5 nitrogen and oxygen atoms in total. The van der Waals surface area contributed by atoms with E-state index in [1.165, 1.54) is 0 Å². The van der Waals surface area contributed by atoms with Crippen LogP contribution >= 0.6 is 0 Å². The molecule has 0 amide bonds. The number of hydrogen-bond acceptors (Lipinski definition) is 4. The quantitative estimate of drug-likeness (QED) is 0.228. The number of nitrogens with one attached hydrogen (secondary N) is 1. The second-order valence-electron chi connectivity index (χ2n) is 3.62. The Kier molecular flexibility index (Phi) is 5.60. The SMILES string of the molecule is CCC1OCCC1C(=NCCOC)NN. The summed E-state index contributed by atoms with van der Waals surface area (Å²) in [6, 6.07) is 0. The Hall–Kier alpha value is -0.650. The number of amidine groups is 1. The highest BCUT2D eigenvalue weighted by molar-refractivity contribution is 5.84. The molecule has 0 aliphatic carbocycles. The molecule has 0 spiro atoms. The van der Waals surface area contributed by atoms with Crippen LogP contribution in [0.3, 0.4) is 0 Å². The summed E-state index contributed by atoms with van der Waals surface area (Å²) in [5.41, 5.74) is 2.68. The summed E-state index contributed by atoms with van der Waals surface area (Å²) < 4.78 is 10.5. The maximum absolute atomic E-state index is 5.60. The minimum absolute atomic E-state index is 0.252. The Labute approximate surface area is 91.0 Å². The summed E-state index contributed by atoms with van der Waals surface area (Å²) in [7, 11) is 1.67. The summed E-state index contributed by atoms with van der Waals surface area (Å²) in [5, 5.41) is 0. The minimum atomic E-state index is 0.252. The Bertz CT molecular complexity index is 209. The van der Waals surface area contributed by atoms with Crippen LogP contribution in [-0.2, 0) is 9.47 Å². The Morgan fingerprint density at radius 1 is 1.67 bits per heavy atom. The van der Waals surface area contributed by atoms with Crippen LogP contribution in [0.4, 0.5) is 0 Å². The zero-order chi connectivity index (χ0) is 11.1. The summed E-state index contributed by atoms with van der Waals surface area (Å²) in [6.45, 7) is 4.18. The van der Waals surface area contributed by atoms with Crippen molar-refractivity contribution in [3.63, 3.8) is 0 Å². The number of rotatable bonds is 5. The van der Waals surface area contributed by atoms with Crippen molar-refractivity contribution in [3.05, 3.63) is 0 Å². The second kappa shape index (κ2) is 6.76. The van der Waals surface area contributed by atoms with E-state index in [1.807, 2.05) is 0 Å². The van der Waals surface area contributed by atoms with Gasteiger partial charge in [0.15, 0.2) is 0 Å². The zero-order valence-electron chi connectivity index (χ0n) is 9.53. The van der Waals surface area contributed by atoms with Crippen LogP contribution in [0.2, 0.25) is 0 Å². The van der Waals surface area contributed by atoms with Gasteiger partial charge in [0.2, 0.25) is 0 Å². The van der Waals surface area contributed by atoms with E-state index in [-0.39, 0.29) is 6.10 Å². The second-order valence-corrected chi connectivity index (χ2v) is 3.62. The Morgan fingerprint density at radius 3 is 3.07 bits per heavy atom. The highest BCUT2D eigenvalue weighted by Gasteiger charge is 2.30. The molecule has 0 aromatic carbocycles. The van der Waals surface area contributed by atoms with Gasteiger partial charge in [0.25, 0.3) is 0 Å². The van der Waals surface area contributed by atoms with Crippen molar-refractivity contribution in [2.45, 2.75) is 25.9 Å². The highest BCUT2D eigenvalue weighted by atomic mass is 16.5. The van der Waals surface area contributed by atoms with E-state index in [2.05, 4.69) is 17.3 Å². The van der Waals surface area contributed by atoms with Gasteiger partial charge >= 0.3 is 0 Å². The van der Waals surface area contributed by atoms with Gasteiger partial charge in [-0.3, -0.25) is 4.99 Å². The van der Waals surface area contributed by atoms with Crippen LogP contribution in [0.25, 0.3) is 0 Å². The fourth-order valence-electron chi connectivity index (χ4n) is 1.89. The zero-order valence-corrected chi connectivity index (χ0v) is 9.53. The summed E-state index contributed by atoms with van der Waals surface area (Å²) in [5.74, 6) is 6.64. The molecule has 1 saturated heterocycles. The van der Waals surface area contributed by atoms with Gasteiger partial charge in [0, 0.05) is 19.6 Å². The van der Waals surface area contributed by atoms with E-state index >= 15 is 0 Å². The predicted molar refractivity (Wildman–Crippen MR) is 59.6 cm³/mol. The van der Waals surface area contributed by atoms with Crippen LogP contribution in [0, 0.1) is 5.92 Å². The molecule has 1 rings (SSSR count). The lowest BCUT2D eigenvalue weighted by atomic mass is 9.98. The van der Waals surface area contributed by atoms with E-state index in [1.54, 1.807) is 7.11 Å². The Balaban J connectivity index is 2.52. The van der Waals surface area contributed by atoms with Crippen LogP contribution in [0.1, 0.15) is 19.8 Å². The fraction of sp³-hybridized carbons (Fsp3) is 0.900. The third kappa shape index (κ3) is 3.44. The predicted octanol–water partition coefficient (Wildman–Crippen LogP) is 0.310. The first-order valence-corrected chi connectivity index (χ1v) is 5.45. The van der Waals surface area contributed by atoms with Gasteiger partial charge in [-0.05, 0) is 12.8 Å². The van der Waals surface area contributed by atoms with Gasteiger partial charge in [-0.25, -0.2) is 5.84 Å². The van der Waals surface area contributed by atoms with E-state index in [4.69, 9.17) is 15.3 Å². The number of hydrogen-bond donors (Lipinski definition) is 2. The molecule has 0 aromatic rings. The van der Waals surface area contributed by atoms with Gasteiger partial charge in [-0.15, -0.1) is 0 Å². The molecule has 88 valence electrons. The first-order chi connectivity index (χ1) is 7.33. The van der Waals surface area contributed by atoms with Crippen molar-refractivity contribution in [1.82, 2.24) is 5.43 Å². The number of methoxy groups -OCH3 is 1. The molecule has 3 N–H and O–H groups in total. The highest BCUT2D eigenvalue weighted by Crippen LogP contribution is 2.23. The lowest BCUT2D eigenvalue weighted by Gasteiger charge is -2.18. The van der Waals surface area contributed by atoms with Crippen LogP contribution in [0.15, 0.2) is 4.99 Å². The summed E-state index contributed by atoms with van der Waals surface area (Å²) >= 11 is 0. The molecule has 1 aliphatic rings. The van der Waals surface area contributed by atoms with Crippen molar-refractivity contribution < 1.29 is 9.47 Å². The molecule has 0 radical (unpaired) electrons. The number of aliphatic imine (C=N–C) groups is 1. The monoisotopic (exact) mass is 215 g/mol. The van der Waals surface area contributed by atoms with Crippen molar-refractivity contribution in [2.75, 3.05) is 26.9 Å². The third-order valence-corrected chi connectivity index (χ3v) is 2.69. The molecule has 0 aromatic heterocycles. The average Bonchev–Trinajstić information content (AvgIpc) is 2.72. The fourth-order valence-corrected chi connectivity index (χ4v) is 1.89. The molecule has 5 heteroatoms. The molecular weight excluding hydrogens is 194 g/mol. The van der Waals surface area contributed by atoms with Gasteiger partial charge in [0.05, 0.1) is 19.3 Å². The van der Waals surface area contributed by atoms with E-state index in [0.717, 1.165) is 25.3 Å². The number of nitrogens with zero attached hydrogens (tertiary/aromatic N) is 1. The molecule has 15 heavy (non-hydrogen) atoms. The number of hydrazine groups is 1. The molecule has 2 unspecified atom stereocenters. The van der Waals surface area contributed by atoms with Gasteiger partial charge in [-0.2, -0.15) is 0 Å². The van der Waals surface area contributed by atoms with Crippen molar-refractivity contribution in [1.29, 1.82) is 0 Å². The largest absolute Gasteiger partial charge is 0.383 e. The number of ether oxygens (including phenoxy) is 2. The topological polar surface area (TPSA) is 68.9 Å². The smallest absolute Gasteiger partial charge is 0.116 e. The normalized spacial score (nSPS) is 27.0. The maximum atomic E-state index is 5.60. The van der Waals surface area contributed by atoms with Crippen molar-refractivity contribution >= 4 is 5.84 Å². The standard InChI is InChI=1S/C10H21N3O2/c1-3-9-8(4-6-15-9)10(13-11)12-5-7-14-2/h8-9H,3-7,11H2,1-2H3,(H,12,13).